The lowest BCUT2D eigenvalue weighted by atomic mass is 10.1. The van der Waals surface area contributed by atoms with Crippen LogP contribution in [0, 0.1) is 5.82 Å². The molecular formula is C17H19ClFNO4S. The molecule has 136 valence electrons. The lowest BCUT2D eigenvalue weighted by Gasteiger charge is -2.20. The van der Waals surface area contributed by atoms with Crippen LogP contribution in [0.2, 0.25) is 5.02 Å². The molecule has 5 nitrogen and oxygen atoms in total. The summed E-state index contributed by atoms with van der Waals surface area (Å²) >= 11 is 6.20. The Morgan fingerprint density at radius 2 is 1.84 bits per heavy atom. The molecule has 8 heteroatoms. The summed E-state index contributed by atoms with van der Waals surface area (Å²) < 4.78 is 47.8. The molecule has 0 saturated carbocycles. The van der Waals surface area contributed by atoms with Crippen molar-refractivity contribution in [2.75, 3.05) is 25.8 Å². The second-order valence-electron chi connectivity index (χ2n) is 5.52. The minimum atomic E-state index is -3.51. The highest BCUT2D eigenvalue weighted by molar-refractivity contribution is 7.90. The van der Waals surface area contributed by atoms with E-state index in [2.05, 4.69) is 5.32 Å². The van der Waals surface area contributed by atoms with Gasteiger partial charge in [0.2, 0.25) is 0 Å². The van der Waals surface area contributed by atoms with Crippen molar-refractivity contribution in [1.29, 1.82) is 0 Å². The van der Waals surface area contributed by atoms with Crippen LogP contribution in [0.5, 0.6) is 11.5 Å². The minimum absolute atomic E-state index is 0.0207. The van der Waals surface area contributed by atoms with E-state index in [-0.39, 0.29) is 16.6 Å². The lowest BCUT2D eigenvalue weighted by Crippen LogP contribution is -2.11. The zero-order valence-electron chi connectivity index (χ0n) is 14.3. The zero-order valence-corrected chi connectivity index (χ0v) is 15.8. The Morgan fingerprint density at radius 3 is 2.40 bits per heavy atom. The molecule has 0 bridgehead atoms. The van der Waals surface area contributed by atoms with Gasteiger partial charge in [0.1, 0.15) is 5.82 Å². The number of rotatable bonds is 6. The van der Waals surface area contributed by atoms with Crippen molar-refractivity contribution < 1.29 is 22.3 Å². The van der Waals surface area contributed by atoms with Gasteiger partial charge in [-0.25, -0.2) is 12.8 Å². The van der Waals surface area contributed by atoms with E-state index in [0.29, 0.717) is 16.5 Å². The van der Waals surface area contributed by atoms with Gasteiger partial charge in [0.25, 0.3) is 0 Å². The van der Waals surface area contributed by atoms with Crippen LogP contribution in [0.4, 0.5) is 10.1 Å². The molecule has 0 spiro atoms. The maximum atomic E-state index is 13.6. The summed E-state index contributed by atoms with van der Waals surface area (Å²) in [5.41, 5.74) is 0.910. The SMILES string of the molecule is COc1cc(C(C)Nc2cc(F)ccc2S(C)(=O)=O)cc(Cl)c1OC. The highest BCUT2D eigenvalue weighted by atomic mass is 35.5. The third-order valence-electron chi connectivity index (χ3n) is 3.67. The van der Waals surface area contributed by atoms with Crippen molar-refractivity contribution in [3.8, 4) is 11.5 Å². The molecule has 0 aromatic heterocycles. The van der Waals surface area contributed by atoms with E-state index in [1.807, 2.05) is 0 Å². The summed E-state index contributed by atoms with van der Waals surface area (Å²) in [6.07, 6.45) is 1.07. The van der Waals surface area contributed by atoms with Crippen LogP contribution in [0.1, 0.15) is 18.5 Å². The summed E-state index contributed by atoms with van der Waals surface area (Å²) in [6, 6.07) is 6.54. The Hall–Kier alpha value is -1.99. The number of hydrogen-bond acceptors (Lipinski definition) is 5. The van der Waals surface area contributed by atoms with Gasteiger partial charge in [-0.3, -0.25) is 0 Å². The highest BCUT2D eigenvalue weighted by Crippen LogP contribution is 2.38. The van der Waals surface area contributed by atoms with E-state index >= 15 is 0 Å². The summed E-state index contributed by atoms with van der Waals surface area (Å²) in [5.74, 6) is 0.316. The molecule has 0 fully saturated rings. The first kappa shape index (κ1) is 19.3. The van der Waals surface area contributed by atoms with Crippen LogP contribution in [-0.4, -0.2) is 28.9 Å². The average Bonchev–Trinajstić information content (AvgIpc) is 2.52. The molecule has 2 aromatic carbocycles. The zero-order chi connectivity index (χ0) is 18.8. The molecule has 1 atom stereocenters. The monoisotopic (exact) mass is 387 g/mol. The standard InChI is InChI=1S/C17H19ClFNO4S/c1-10(11-7-13(18)17(24-3)15(8-11)23-2)20-14-9-12(19)5-6-16(14)25(4,21)22/h5-10,20H,1-4H3. The van der Waals surface area contributed by atoms with Gasteiger partial charge in [-0.1, -0.05) is 11.6 Å². The molecule has 0 heterocycles. The van der Waals surface area contributed by atoms with Crippen molar-refractivity contribution >= 4 is 27.1 Å². The van der Waals surface area contributed by atoms with E-state index in [4.69, 9.17) is 21.1 Å². The first-order valence-electron chi connectivity index (χ1n) is 7.35. The molecule has 0 aliphatic rings. The van der Waals surface area contributed by atoms with Crippen LogP contribution in [-0.2, 0) is 9.84 Å². The highest BCUT2D eigenvalue weighted by Gasteiger charge is 2.18. The first-order chi connectivity index (χ1) is 11.7. The normalized spacial score (nSPS) is 12.6. The van der Waals surface area contributed by atoms with Crippen LogP contribution in [0.3, 0.4) is 0 Å². The predicted molar refractivity (Wildman–Crippen MR) is 96.1 cm³/mol. The van der Waals surface area contributed by atoms with E-state index in [0.717, 1.165) is 24.0 Å². The number of methoxy groups -OCH3 is 2. The lowest BCUT2D eigenvalue weighted by molar-refractivity contribution is 0.354. The quantitative estimate of drug-likeness (QED) is 0.757. The Morgan fingerprint density at radius 1 is 1.16 bits per heavy atom. The Kier molecular flexibility index (Phi) is 5.80. The van der Waals surface area contributed by atoms with Gasteiger partial charge in [0, 0.05) is 12.3 Å². The summed E-state index contributed by atoms with van der Waals surface area (Å²) in [7, 11) is -0.537. The van der Waals surface area contributed by atoms with Crippen LogP contribution in [0.15, 0.2) is 35.2 Å². The van der Waals surface area contributed by atoms with Crippen molar-refractivity contribution in [2.24, 2.45) is 0 Å². The topological polar surface area (TPSA) is 64.6 Å². The Balaban J connectivity index is 2.43. The predicted octanol–water partition coefficient (Wildman–Crippen LogP) is 4.07. The van der Waals surface area contributed by atoms with Gasteiger partial charge in [0.15, 0.2) is 21.3 Å². The maximum Gasteiger partial charge on any atom is 0.179 e. The Labute approximate surface area is 151 Å². The van der Waals surface area contributed by atoms with Crippen molar-refractivity contribution in [2.45, 2.75) is 17.9 Å². The van der Waals surface area contributed by atoms with Crippen LogP contribution < -0.4 is 14.8 Å². The number of ether oxygens (including phenoxy) is 2. The number of halogens is 2. The van der Waals surface area contributed by atoms with Gasteiger partial charge < -0.3 is 14.8 Å². The molecular weight excluding hydrogens is 369 g/mol. The van der Waals surface area contributed by atoms with E-state index < -0.39 is 15.7 Å². The van der Waals surface area contributed by atoms with Crippen LogP contribution in [0.25, 0.3) is 0 Å². The number of benzene rings is 2. The van der Waals surface area contributed by atoms with Crippen molar-refractivity contribution in [3.63, 3.8) is 0 Å². The molecule has 1 unspecified atom stereocenters. The minimum Gasteiger partial charge on any atom is -0.493 e. The molecule has 0 aliphatic heterocycles. The van der Waals surface area contributed by atoms with E-state index in [9.17, 15) is 12.8 Å². The third kappa shape index (κ3) is 4.35. The van der Waals surface area contributed by atoms with Crippen molar-refractivity contribution in [3.05, 3.63) is 46.7 Å². The number of sulfone groups is 1. The average molecular weight is 388 g/mol. The van der Waals surface area contributed by atoms with Crippen LogP contribution >= 0.6 is 11.6 Å². The van der Waals surface area contributed by atoms with Gasteiger partial charge in [-0.2, -0.15) is 0 Å². The molecule has 0 amide bonds. The van der Waals surface area contributed by atoms with Crippen molar-refractivity contribution in [1.82, 2.24) is 0 Å². The molecule has 0 saturated heterocycles. The number of anilines is 1. The van der Waals surface area contributed by atoms with Gasteiger partial charge in [-0.15, -0.1) is 0 Å². The van der Waals surface area contributed by atoms with Gasteiger partial charge >= 0.3 is 0 Å². The fourth-order valence-corrected chi connectivity index (χ4v) is 3.57. The molecule has 0 radical (unpaired) electrons. The molecule has 0 aliphatic carbocycles. The largest absolute Gasteiger partial charge is 0.493 e. The Bertz CT molecular complexity index is 886. The summed E-state index contributed by atoms with van der Waals surface area (Å²) in [6.45, 7) is 1.80. The fourth-order valence-electron chi connectivity index (χ4n) is 2.44. The summed E-state index contributed by atoms with van der Waals surface area (Å²) in [4.78, 5) is 0.0207. The first-order valence-corrected chi connectivity index (χ1v) is 9.62. The fraction of sp³-hybridized carbons (Fsp3) is 0.294. The van der Waals surface area contributed by atoms with Gasteiger partial charge in [-0.05, 0) is 42.8 Å². The number of hydrogen-bond donors (Lipinski definition) is 1. The van der Waals surface area contributed by atoms with E-state index in [1.165, 1.54) is 20.3 Å². The third-order valence-corrected chi connectivity index (χ3v) is 5.10. The van der Waals surface area contributed by atoms with Gasteiger partial charge in [0.05, 0.1) is 29.8 Å². The molecule has 25 heavy (non-hydrogen) atoms. The second-order valence-corrected chi connectivity index (χ2v) is 7.91. The maximum absolute atomic E-state index is 13.6. The second kappa shape index (κ2) is 7.49. The molecule has 2 aromatic rings. The number of nitrogens with one attached hydrogen (secondary N) is 1. The van der Waals surface area contributed by atoms with E-state index in [1.54, 1.807) is 19.1 Å². The molecule has 2 rings (SSSR count). The summed E-state index contributed by atoms with van der Waals surface area (Å²) in [5, 5.41) is 3.37. The molecule has 1 N–H and O–H groups in total. The smallest absolute Gasteiger partial charge is 0.179 e.